The van der Waals surface area contributed by atoms with Crippen molar-refractivity contribution >= 4 is 18.5 Å². The minimum Gasteiger partial charge on any atom is -0.496 e. The Bertz CT molecular complexity index is 702. The van der Waals surface area contributed by atoms with Crippen molar-refractivity contribution in [1.82, 2.24) is 10.2 Å². The zero-order valence-electron chi connectivity index (χ0n) is 15.7. The summed E-state index contributed by atoms with van der Waals surface area (Å²) < 4.78 is 5.46. The first kappa shape index (κ1) is 20.3. The van der Waals surface area contributed by atoms with Crippen LogP contribution in [-0.2, 0) is 0 Å². The largest absolute Gasteiger partial charge is 0.496 e. The number of rotatable bonds is 9. The Morgan fingerprint density at radius 2 is 1.81 bits per heavy atom. The second-order valence-electron chi connectivity index (χ2n) is 6.06. The van der Waals surface area contributed by atoms with Gasteiger partial charge in [-0.05, 0) is 36.3 Å². The number of methoxy groups -OCH3 is 1. The fraction of sp³-hybridized carbons (Fsp3) is 0.381. The average molecular weight is 373 g/mol. The molecular formula is C21H28N2O2S. The van der Waals surface area contributed by atoms with Crippen molar-refractivity contribution in [3.05, 3.63) is 65.2 Å². The van der Waals surface area contributed by atoms with Gasteiger partial charge in [-0.15, -0.1) is 0 Å². The lowest BCUT2D eigenvalue weighted by molar-refractivity contribution is 0.0946. The molecule has 0 fully saturated rings. The summed E-state index contributed by atoms with van der Waals surface area (Å²) in [5, 5.41) is 2.91. The zero-order valence-corrected chi connectivity index (χ0v) is 16.6. The molecule has 0 aliphatic heterocycles. The molecule has 0 saturated heterocycles. The summed E-state index contributed by atoms with van der Waals surface area (Å²) in [6.45, 7) is 7.65. The van der Waals surface area contributed by atoms with E-state index in [2.05, 4.69) is 24.1 Å². The number of hydrogen-bond donors (Lipinski definition) is 2. The van der Waals surface area contributed by atoms with Crippen LogP contribution < -0.4 is 10.1 Å². The molecule has 0 aliphatic rings. The first-order chi connectivity index (χ1) is 12.6. The molecule has 1 N–H and O–H groups in total. The Kier molecular flexibility index (Phi) is 8.01. The number of nitrogens with zero attached hydrogens (tertiary/aromatic N) is 1. The van der Waals surface area contributed by atoms with Crippen LogP contribution in [0.4, 0.5) is 0 Å². The lowest BCUT2D eigenvalue weighted by Gasteiger charge is -2.18. The zero-order chi connectivity index (χ0) is 18.9. The van der Waals surface area contributed by atoms with Gasteiger partial charge in [-0.1, -0.05) is 50.2 Å². The van der Waals surface area contributed by atoms with Gasteiger partial charge in [0.05, 0.1) is 17.9 Å². The maximum Gasteiger partial charge on any atom is 0.255 e. The van der Waals surface area contributed by atoms with Crippen molar-refractivity contribution in [3.63, 3.8) is 0 Å². The second-order valence-corrected chi connectivity index (χ2v) is 6.57. The van der Waals surface area contributed by atoms with Crippen LogP contribution in [0.15, 0.2) is 48.5 Å². The smallest absolute Gasteiger partial charge is 0.255 e. The summed E-state index contributed by atoms with van der Waals surface area (Å²) in [6, 6.07) is 15.7. The molecule has 1 atom stereocenters. The summed E-state index contributed by atoms with van der Waals surface area (Å²) in [4.78, 5) is 14.8. The van der Waals surface area contributed by atoms with Gasteiger partial charge >= 0.3 is 0 Å². The van der Waals surface area contributed by atoms with Gasteiger partial charge in [-0.2, -0.15) is 12.6 Å². The molecule has 5 heteroatoms. The van der Waals surface area contributed by atoms with Crippen LogP contribution in [0.2, 0.25) is 0 Å². The van der Waals surface area contributed by atoms with Crippen LogP contribution in [0.3, 0.4) is 0 Å². The number of nitrogens with one attached hydrogen (secondary N) is 1. The molecule has 4 nitrogen and oxygen atoms in total. The van der Waals surface area contributed by atoms with E-state index in [1.165, 1.54) is 0 Å². The highest BCUT2D eigenvalue weighted by Gasteiger charge is 2.16. The van der Waals surface area contributed by atoms with E-state index in [4.69, 9.17) is 17.4 Å². The van der Waals surface area contributed by atoms with Crippen LogP contribution in [0.1, 0.15) is 40.6 Å². The van der Waals surface area contributed by atoms with Gasteiger partial charge in [0.2, 0.25) is 0 Å². The molecular weight excluding hydrogens is 344 g/mol. The molecule has 0 heterocycles. The number of amides is 1. The van der Waals surface area contributed by atoms with E-state index in [-0.39, 0.29) is 11.2 Å². The van der Waals surface area contributed by atoms with Crippen molar-refractivity contribution in [3.8, 4) is 5.75 Å². The van der Waals surface area contributed by atoms with Crippen LogP contribution in [0, 0.1) is 0 Å². The molecule has 1 amide bonds. The molecule has 0 spiro atoms. The maximum atomic E-state index is 12.5. The van der Waals surface area contributed by atoms with Crippen LogP contribution in [0.5, 0.6) is 5.75 Å². The third-order valence-electron chi connectivity index (χ3n) is 4.51. The normalized spacial score (nSPS) is 12.0. The van der Waals surface area contributed by atoms with Gasteiger partial charge in [0, 0.05) is 13.1 Å². The monoisotopic (exact) mass is 372 g/mol. The van der Waals surface area contributed by atoms with Crippen LogP contribution >= 0.6 is 12.6 Å². The van der Waals surface area contributed by atoms with Gasteiger partial charge in [-0.25, -0.2) is 0 Å². The molecule has 0 bridgehead atoms. The van der Waals surface area contributed by atoms with E-state index in [0.717, 1.165) is 30.8 Å². The van der Waals surface area contributed by atoms with E-state index < -0.39 is 0 Å². The van der Waals surface area contributed by atoms with E-state index in [9.17, 15) is 4.79 Å². The topological polar surface area (TPSA) is 41.6 Å². The summed E-state index contributed by atoms with van der Waals surface area (Å²) in [6.07, 6.45) is 0. The van der Waals surface area contributed by atoms with E-state index in [1.807, 2.05) is 48.5 Å². The van der Waals surface area contributed by atoms with Gasteiger partial charge in [-0.3, -0.25) is 4.79 Å². The number of carbonyl (C=O) groups excluding carboxylic acids is 1. The lowest BCUT2D eigenvalue weighted by atomic mass is 10.0. The van der Waals surface area contributed by atoms with E-state index in [0.29, 0.717) is 17.9 Å². The lowest BCUT2D eigenvalue weighted by Crippen LogP contribution is -2.34. The molecule has 2 aromatic carbocycles. The molecule has 0 radical (unpaired) electrons. The Labute approximate surface area is 162 Å². The predicted octanol–water partition coefficient (Wildman–Crippen LogP) is 3.79. The van der Waals surface area contributed by atoms with Crippen molar-refractivity contribution in [1.29, 1.82) is 0 Å². The van der Waals surface area contributed by atoms with Gasteiger partial charge in [0.1, 0.15) is 5.75 Å². The van der Waals surface area contributed by atoms with Crippen LogP contribution in [-0.4, -0.2) is 44.1 Å². The van der Waals surface area contributed by atoms with Gasteiger partial charge < -0.3 is 15.0 Å². The Balaban J connectivity index is 2.09. The van der Waals surface area contributed by atoms with Gasteiger partial charge in [0.25, 0.3) is 5.91 Å². The minimum atomic E-state index is -0.115. The number of carbonyl (C=O) groups is 1. The highest BCUT2D eigenvalue weighted by molar-refractivity contribution is 7.80. The third kappa shape index (κ3) is 5.26. The second kappa shape index (κ2) is 10.2. The SMILES string of the molecule is CCN(CC)CCNC(=O)c1ccc(C(S)c2ccccc2)cc1OC. The molecule has 140 valence electrons. The number of benzene rings is 2. The summed E-state index contributed by atoms with van der Waals surface area (Å²) in [7, 11) is 1.59. The van der Waals surface area contributed by atoms with E-state index >= 15 is 0 Å². The fourth-order valence-corrected chi connectivity index (χ4v) is 3.19. The summed E-state index contributed by atoms with van der Waals surface area (Å²) in [5.74, 6) is 0.453. The highest BCUT2D eigenvalue weighted by atomic mass is 32.1. The number of likely N-dealkylation sites (N-methyl/N-ethyl adjacent to an activating group) is 1. The van der Waals surface area contributed by atoms with Crippen molar-refractivity contribution < 1.29 is 9.53 Å². The molecule has 0 aromatic heterocycles. The van der Waals surface area contributed by atoms with Crippen molar-refractivity contribution in [2.75, 3.05) is 33.3 Å². The molecule has 0 saturated carbocycles. The molecule has 2 rings (SSSR count). The number of thiol groups is 1. The molecule has 1 unspecified atom stereocenters. The Morgan fingerprint density at radius 1 is 1.12 bits per heavy atom. The van der Waals surface area contributed by atoms with Crippen LogP contribution in [0.25, 0.3) is 0 Å². The molecule has 26 heavy (non-hydrogen) atoms. The predicted molar refractivity (Wildman–Crippen MR) is 110 cm³/mol. The maximum absolute atomic E-state index is 12.5. The van der Waals surface area contributed by atoms with Crippen molar-refractivity contribution in [2.45, 2.75) is 19.1 Å². The van der Waals surface area contributed by atoms with Gasteiger partial charge in [0.15, 0.2) is 0 Å². The minimum absolute atomic E-state index is 0.0649. The molecule has 0 aliphatic carbocycles. The number of hydrogen-bond acceptors (Lipinski definition) is 4. The standard InChI is InChI=1S/C21H28N2O2S/c1-4-23(5-2)14-13-22-21(24)18-12-11-17(15-19(18)25-3)20(26)16-9-7-6-8-10-16/h6-12,15,20,26H,4-5,13-14H2,1-3H3,(H,22,24). The quantitative estimate of drug-likeness (QED) is 0.658. The Hall–Kier alpha value is -1.98. The summed E-state index contributed by atoms with van der Waals surface area (Å²) >= 11 is 4.72. The summed E-state index contributed by atoms with van der Waals surface area (Å²) in [5.41, 5.74) is 2.65. The number of ether oxygens (including phenoxy) is 1. The van der Waals surface area contributed by atoms with Crippen molar-refractivity contribution in [2.24, 2.45) is 0 Å². The first-order valence-corrected chi connectivity index (χ1v) is 9.53. The third-order valence-corrected chi connectivity index (χ3v) is 5.11. The fourth-order valence-electron chi connectivity index (χ4n) is 2.86. The average Bonchev–Trinajstić information content (AvgIpc) is 2.70. The Morgan fingerprint density at radius 3 is 2.42 bits per heavy atom. The highest BCUT2D eigenvalue weighted by Crippen LogP contribution is 2.31. The van der Waals surface area contributed by atoms with E-state index in [1.54, 1.807) is 7.11 Å². The molecule has 2 aromatic rings. The first-order valence-electron chi connectivity index (χ1n) is 9.02.